The fourth-order valence-electron chi connectivity index (χ4n) is 1.70. The van der Waals surface area contributed by atoms with Gasteiger partial charge in [-0.05, 0) is 52.5 Å². The maximum atomic E-state index is 5.55. The highest BCUT2D eigenvalue weighted by Gasteiger charge is 2.16. The minimum absolute atomic E-state index is 0.00698. The summed E-state index contributed by atoms with van der Waals surface area (Å²) in [5, 5.41) is 0. The number of pyridine rings is 1. The molecule has 0 aliphatic rings. The molecule has 0 bridgehead atoms. The Kier molecular flexibility index (Phi) is 4.30. The van der Waals surface area contributed by atoms with Crippen molar-refractivity contribution in [3.05, 3.63) is 52.7 Å². The van der Waals surface area contributed by atoms with Crippen molar-refractivity contribution in [1.82, 2.24) is 10.4 Å². The molecule has 0 aliphatic carbocycles. The van der Waals surface area contributed by atoms with Gasteiger partial charge in [0, 0.05) is 12.4 Å². The smallest absolute Gasteiger partial charge is 0.136 e. The van der Waals surface area contributed by atoms with Crippen LogP contribution >= 0.6 is 15.9 Å². The van der Waals surface area contributed by atoms with Crippen LogP contribution in [-0.4, -0.2) is 4.98 Å². The molecule has 0 aliphatic heterocycles. The van der Waals surface area contributed by atoms with Crippen molar-refractivity contribution in [2.24, 2.45) is 5.84 Å². The van der Waals surface area contributed by atoms with Crippen molar-refractivity contribution in [2.75, 3.05) is 0 Å². The molecule has 3 N–H and O–H groups in total. The number of hydrogen-bond donors (Lipinski definition) is 2. The van der Waals surface area contributed by atoms with Gasteiger partial charge in [-0.25, -0.2) is 5.43 Å². The molecule has 2 rings (SSSR count). The minimum Gasteiger partial charge on any atom is -0.466 e. The van der Waals surface area contributed by atoms with Crippen molar-refractivity contribution in [1.29, 1.82) is 0 Å². The number of furan rings is 1. The first-order chi connectivity index (χ1) is 8.31. The van der Waals surface area contributed by atoms with Gasteiger partial charge >= 0.3 is 0 Å². The number of aromatic nitrogens is 1. The molecule has 0 radical (unpaired) electrons. The number of nitrogens with two attached hydrogens (primary N) is 1. The van der Waals surface area contributed by atoms with Crippen LogP contribution < -0.4 is 11.3 Å². The van der Waals surface area contributed by atoms with E-state index in [9.17, 15) is 0 Å². The van der Waals surface area contributed by atoms with E-state index in [0.717, 1.165) is 23.1 Å². The standard InChI is InChI=1S/C12H14BrN3O/c13-10-5-8-17-12(10)11(16-14)2-1-9-3-6-15-7-4-9/h3-8,11,16H,1-2,14H2. The molecule has 0 amide bonds. The third-order valence-corrected chi connectivity index (χ3v) is 3.29. The topological polar surface area (TPSA) is 64.1 Å². The van der Waals surface area contributed by atoms with Crippen LogP contribution in [0.3, 0.4) is 0 Å². The molecule has 1 unspecified atom stereocenters. The molecule has 4 nitrogen and oxygen atoms in total. The lowest BCUT2D eigenvalue weighted by Crippen LogP contribution is -2.28. The lowest BCUT2D eigenvalue weighted by molar-refractivity contribution is 0.399. The maximum absolute atomic E-state index is 5.55. The number of hydrazine groups is 1. The average molecular weight is 296 g/mol. The van der Waals surface area contributed by atoms with Crippen LogP contribution in [0.15, 0.2) is 45.7 Å². The zero-order chi connectivity index (χ0) is 12.1. The van der Waals surface area contributed by atoms with Crippen molar-refractivity contribution >= 4 is 15.9 Å². The normalized spacial score (nSPS) is 12.6. The molecule has 0 saturated carbocycles. The zero-order valence-electron chi connectivity index (χ0n) is 9.27. The predicted octanol–water partition coefficient (Wildman–Crippen LogP) is 2.57. The van der Waals surface area contributed by atoms with Crippen LogP contribution in [-0.2, 0) is 6.42 Å². The Morgan fingerprint density at radius 3 is 2.71 bits per heavy atom. The Hall–Kier alpha value is -1.17. The first-order valence-electron chi connectivity index (χ1n) is 5.39. The second kappa shape index (κ2) is 5.95. The van der Waals surface area contributed by atoms with Gasteiger partial charge in [0.05, 0.1) is 16.8 Å². The van der Waals surface area contributed by atoms with E-state index in [1.165, 1.54) is 5.56 Å². The van der Waals surface area contributed by atoms with Gasteiger partial charge in [0.15, 0.2) is 0 Å². The number of nitrogens with zero attached hydrogens (tertiary/aromatic N) is 1. The van der Waals surface area contributed by atoms with Crippen molar-refractivity contribution in [2.45, 2.75) is 18.9 Å². The van der Waals surface area contributed by atoms with Crippen LogP contribution in [0.2, 0.25) is 0 Å². The van der Waals surface area contributed by atoms with Gasteiger partial charge in [0.1, 0.15) is 5.76 Å². The Balaban J connectivity index is 2.00. The predicted molar refractivity (Wildman–Crippen MR) is 69.0 cm³/mol. The fraction of sp³-hybridized carbons (Fsp3) is 0.250. The van der Waals surface area contributed by atoms with Crippen LogP contribution in [0.4, 0.5) is 0 Å². The van der Waals surface area contributed by atoms with Gasteiger partial charge in [-0.1, -0.05) is 0 Å². The van der Waals surface area contributed by atoms with Gasteiger partial charge in [-0.3, -0.25) is 10.8 Å². The van der Waals surface area contributed by atoms with E-state index >= 15 is 0 Å². The van der Waals surface area contributed by atoms with Gasteiger partial charge in [0.25, 0.3) is 0 Å². The molecular weight excluding hydrogens is 282 g/mol. The molecule has 5 heteroatoms. The van der Waals surface area contributed by atoms with Crippen LogP contribution in [0, 0.1) is 0 Å². The Morgan fingerprint density at radius 1 is 1.35 bits per heavy atom. The third-order valence-electron chi connectivity index (χ3n) is 2.63. The molecule has 0 saturated heterocycles. The summed E-state index contributed by atoms with van der Waals surface area (Å²) in [5.41, 5.74) is 4.01. The summed E-state index contributed by atoms with van der Waals surface area (Å²) in [5.74, 6) is 6.39. The largest absolute Gasteiger partial charge is 0.466 e. The Labute approximate surface area is 108 Å². The molecule has 2 heterocycles. The molecule has 90 valence electrons. The first-order valence-corrected chi connectivity index (χ1v) is 6.18. The monoisotopic (exact) mass is 295 g/mol. The second-order valence-electron chi connectivity index (χ2n) is 3.75. The van der Waals surface area contributed by atoms with E-state index in [1.807, 2.05) is 18.2 Å². The van der Waals surface area contributed by atoms with Gasteiger partial charge in [-0.2, -0.15) is 0 Å². The molecular formula is C12H14BrN3O. The Bertz CT molecular complexity index is 458. The van der Waals surface area contributed by atoms with Crippen LogP contribution in [0.5, 0.6) is 0 Å². The molecule has 0 fully saturated rings. The zero-order valence-corrected chi connectivity index (χ0v) is 10.9. The summed E-state index contributed by atoms with van der Waals surface area (Å²) in [6, 6.07) is 5.88. The summed E-state index contributed by atoms with van der Waals surface area (Å²) in [6.07, 6.45) is 7.03. The minimum atomic E-state index is 0.00698. The highest BCUT2D eigenvalue weighted by atomic mass is 79.9. The summed E-state index contributed by atoms with van der Waals surface area (Å²) in [6.45, 7) is 0. The third kappa shape index (κ3) is 3.15. The molecule has 0 aromatic carbocycles. The van der Waals surface area contributed by atoms with Crippen LogP contribution in [0.1, 0.15) is 23.8 Å². The van der Waals surface area contributed by atoms with Gasteiger partial charge in [-0.15, -0.1) is 0 Å². The number of nitrogens with one attached hydrogen (secondary N) is 1. The summed E-state index contributed by atoms with van der Waals surface area (Å²) in [7, 11) is 0. The summed E-state index contributed by atoms with van der Waals surface area (Å²) < 4.78 is 6.34. The highest BCUT2D eigenvalue weighted by Crippen LogP contribution is 2.27. The fourth-order valence-corrected chi connectivity index (χ4v) is 2.18. The number of halogens is 1. The molecule has 17 heavy (non-hydrogen) atoms. The van der Waals surface area contributed by atoms with E-state index in [1.54, 1.807) is 18.7 Å². The van der Waals surface area contributed by atoms with E-state index in [0.29, 0.717) is 0 Å². The molecule has 2 aromatic heterocycles. The lowest BCUT2D eigenvalue weighted by atomic mass is 10.1. The van der Waals surface area contributed by atoms with Crippen molar-refractivity contribution < 1.29 is 4.42 Å². The van der Waals surface area contributed by atoms with E-state index < -0.39 is 0 Å². The van der Waals surface area contributed by atoms with Crippen molar-refractivity contribution in [3.8, 4) is 0 Å². The number of hydrogen-bond acceptors (Lipinski definition) is 4. The van der Waals surface area contributed by atoms with E-state index in [-0.39, 0.29) is 6.04 Å². The van der Waals surface area contributed by atoms with E-state index in [2.05, 4.69) is 26.3 Å². The molecule has 2 aromatic rings. The van der Waals surface area contributed by atoms with Gasteiger partial charge in [0.2, 0.25) is 0 Å². The second-order valence-corrected chi connectivity index (χ2v) is 4.60. The molecule has 1 atom stereocenters. The van der Waals surface area contributed by atoms with Gasteiger partial charge < -0.3 is 4.42 Å². The lowest BCUT2D eigenvalue weighted by Gasteiger charge is -2.13. The highest BCUT2D eigenvalue weighted by molar-refractivity contribution is 9.10. The number of rotatable bonds is 5. The average Bonchev–Trinajstić information content (AvgIpc) is 2.78. The maximum Gasteiger partial charge on any atom is 0.136 e. The summed E-state index contributed by atoms with van der Waals surface area (Å²) >= 11 is 3.43. The molecule has 0 spiro atoms. The number of aryl methyl sites for hydroxylation is 1. The Morgan fingerprint density at radius 2 is 2.12 bits per heavy atom. The van der Waals surface area contributed by atoms with E-state index in [4.69, 9.17) is 10.3 Å². The van der Waals surface area contributed by atoms with Crippen molar-refractivity contribution in [3.63, 3.8) is 0 Å². The van der Waals surface area contributed by atoms with Crippen LogP contribution in [0.25, 0.3) is 0 Å². The summed E-state index contributed by atoms with van der Waals surface area (Å²) in [4.78, 5) is 3.99. The SMILES string of the molecule is NNC(CCc1ccncc1)c1occc1Br. The quantitative estimate of drug-likeness (QED) is 0.657. The first kappa shape index (κ1) is 12.3.